The summed E-state index contributed by atoms with van der Waals surface area (Å²) in [6.07, 6.45) is 5.96. The number of nitrogens with one attached hydrogen (secondary N) is 2. The molecule has 4 rings (SSSR count). The summed E-state index contributed by atoms with van der Waals surface area (Å²) >= 11 is 0. The van der Waals surface area contributed by atoms with Gasteiger partial charge in [0.1, 0.15) is 5.82 Å². The molecule has 0 aromatic carbocycles. The van der Waals surface area contributed by atoms with E-state index in [2.05, 4.69) is 25.7 Å². The lowest BCUT2D eigenvalue weighted by atomic mass is 10.1. The number of methoxy groups -OCH3 is 1. The van der Waals surface area contributed by atoms with Gasteiger partial charge in [0.2, 0.25) is 5.88 Å². The molecule has 0 saturated carbocycles. The van der Waals surface area contributed by atoms with Crippen LogP contribution in [0, 0.1) is 0 Å². The Morgan fingerprint density at radius 2 is 2.29 bits per heavy atom. The number of imidazole rings is 1. The van der Waals surface area contributed by atoms with Crippen LogP contribution in [0.3, 0.4) is 0 Å². The molecule has 0 bridgehead atoms. The first-order chi connectivity index (χ1) is 11.8. The quantitative estimate of drug-likeness (QED) is 0.764. The Labute approximate surface area is 140 Å². The van der Waals surface area contributed by atoms with Gasteiger partial charge in [0.15, 0.2) is 5.65 Å². The Morgan fingerprint density at radius 1 is 1.33 bits per heavy atom. The van der Waals surface area contributed by atoms with Gasteiger partial charge in [-0.05, 0) is 43.7 Å². The molecule has 1 atom stereocenters. The van der Waals surface area contributed by atoms with Gasteiger partial charge < -0.3 is 15.4 Å². The SMILES string of the molecule is COc1ncccc1-c1cn2nc(N[C@@H]3CCCNC3)ccc2n1. The molecule has 0 spiro atoms. The molecule has 4 heterocycles. The third kappa shape index (κ3) is 2.90. The maximum absolute atomic E-state index is 5.32. The number of piperidine rings is 1. The van der Waals surface area contributed by atoms with Crippen molar-refractivity contribution in [1.82, 2.24) is 24.9 Å². The molecule has 124 valence electrons. The minimum Gasteiger partial charge on any atom is -0.481 e. The van der Waals surface area contributed by atoms with E-state index in [-0.39, 0.29) is 0 Å². The summed E-state index contributed by atoms with van der Waals surface area (Å²) in [5.41, 5.74) is 2.45. The zero-order chi connectivity index (χ0) is 16.4. The van der Waals surface area contributed by atoms with E-state index in [9.17, 15) is 0 Å². The number of aromatic nitrogens is 4. The van der Waals surface area contributed by atoms with Crippen LogP contribution in [0.2, 0.25) is 0 Å². The van der Waals surface area contributed by atoms with Gasteiger partial charge in [-0.1, -0.05) is 0 Å². The molecule has 3 aromatic heterocycles. The molecule has 24 heavy (non-hydrogen) atoms. The first-order valence-corrected chi connectivity index (χ1v) is 8.16. The monoisotopic (exact) mass is 324 g/mol. The summed E-state index contributed by atoms with van der Waals surface area (Å²) in [5.74, 6) is 1.42. The standard InChI is InChI=1S/C17H20N6O/c1-24-17-13(5-3-9-19-17)14-11-23-16(21-14)7-6-15(22-23)20-12-4-2-8-18-10-12/h3,5-7,9,11-12,18H,2,4,8,10H2,1H3,(H,20,22)/t12-/m1/s1. The van der Waals surface area contributed by atoms with Crippen molar-refractivity contribution in [2.24, 2.45) is 0 Å². The molecule has 1 aliphatic heterocycles. The van der Waals surface area contributed by atoms with E-state index >= 15 is 0 Å². The van der Waals surface area contributed by atoms with Crippen molar-refractivity contribution in [1.29, 1.82) is 0 Å². The van der Waals surface area contributed by atoms with Crippen LogP contribution in [0.25, 0.3) is 16.9 Å². The molecule has 2 N–H and O–H groups in total. The molecule has 1 saturated heterocycles. The van der Waals surface area contributed by atoms with Crippen molar-refractivity contribution in [3.8, 4) is 17.1 Å². The predicted octanol–water partition coefficient (Wildman–Crippen LogP) is 1.96. The van der Waals surface area contributed by atoms with Crippen LogP contribution < -0.4 is 15.4 Å². The highest BCUT2D eigenvalue weighted by Gasteiger charge is 2.14. The highest BCUT2D eigenvalue weighted by atomic mass is 16.5. The molecule has 1 aliphatic rings. The zero-order valence-electron chi connectivity index (χ0n) is 13.6. The number of anilines is 1. The minimum absolute atomic E-state index is 0.421. The molecular formula is C17H20N6O. The molecule has 0 aliphatic carbocycles. The maximum atomic E-state index is 5.32. The number of fused-ring (bicyclic) bond motifs is 1. The Hall–Kier alpha value is -2.67. The third-order valence-corrected chi connectivity index (χ3v) is 4.21. The number of nitrogens with zero attached hydrogens (tertiary/aromatic N) is 4. The molecule has 7 nitrogen and oxygen atoms in total. The normalized spacial score (nSPS) is 17.8. The second-order valence-corrected chi connectivity index (χ2v) is 5.90. The van der Waals surface area contributed by atoms with Gasteiger partial charge in [0.25, 0.3) is 0 Å². The lowest BCUT2D eigenvalue weighted by molar-refractivity contribution is 0.399. The van der Waals surface area contributed by atoms with Crippen LogP contribution in [-0.4, -0.2) is 45.8 Å². The number of hydrogen-bond donors (Lipinski definition) is 2. The van der Waals surface area contributed by atoms with Crippen molar-refractivity contribution in [2.75, 3.05) is 25.5 Å². The fourth-order valence-corrected chi connectivity index (χ4v) is 3.02. The second-order valence-electron chi connectivity index (χ2n) is 5.90. The lowest BCUT2D eigenvalue weighted by Gasteiger charge is -2.24. The van der Waals surface area contributed by atoms with Gasteiger partial charge in [-0.15, -0.1) is 5.10 Å². The molecule has 7 heteroatoms. The number of hydrogen-bond acceptors (Lipinski definition) is 6. The predicted molar refractivity (Wildman–Crippen MR) is 92.3 cm³/mol. The van der Waals surface area contributed by atoms with E-state index in [0.717, 1.165) is 42.2 Å². The number of pyridine rings is 1. The average Bonchev–Trinajstić information content (AvgIpc) is 3.05. The Bertz CT molecular complexity index is 840. The van der Waals surface area contributed by atoms with Crippen molar-refractivity contribution in [3.63, 3.8) is 0 Å². The van der Waals surface area contributed by atoms with Crippen molar-refractivity contribution < 1.29 is 4.74 Å². The molecule has 0 amide bonds. The number of ether oxygens (including phenoxy) is 1. The van der Waals surface area contributed by atoms with E-state index in [1.165, 1.54) is 6.42 Å². The highest BCUT2D eigenvalue weighted by Crippen LogP contribution is 2.26. The van der Waals surface area contributed by atoms with Crippen molar-refractivity contribution >= 4 is 11.5 Å². The zero-order valence-corrected chi connectivity index (χ0v) is 13.6. The minimum atomic E-state index is 0.421. The lowest BCUT2D eigenvalue weighted by Crippen LogP contribution is -2.38. The van der Waals surface area contributed by atoms with Gasteiger partial charge in [0, 0.05) is 18.8 Å². The Kier molecular flexibility index (Phi) is 4.00. The van der Waals surface area contributed by atoms with E-state index in [1.807, 2.05) is 30.5 Å². The summed E-state index contributed by atoms with van der Waals surface area (Å²) < 4.78 is 7.11. The fourth-order valence-electron chi connectivity index (χ4n) is 3.02. The van der Waals surface area contributed by atoms with Crippen molar-refractivity contribution in [3.05, 3.63) is 36.7 Å². The van der Waals surface area contributed by atoms with E-state index in [0.29, 0.717) is 11.9 Å². The van der Waals surface area contributed by atoms with E-state index < -0.39 is 0 Å². The number of rotatable bonds is 4. The maximum Gasteiger partial charge on any atom is 0.222 e. The summed E-state index contributed by atoms with van der Waals surface area (Å²) in [6, 6.07) is 8.18. The highest BCUT2D eigenvalue weighted by molar-refractivity contribution is 5.67. The summed E-state index contributed by atoms with van der Waals surface area (Å²) in [7, 11) is 1.61. The Morgan fingerprint density at radius 3 is 3.12 bits per heavy atom. The van der Waals surface area contributed by atoms with Crippen LogP contribution in [0.4, 0.5) is 5.82 Å². The molecular weight excluding hydrogens is 304 g/mol. The van der Waals surface area contributed by atoms with Gasteiger partial charge in [-0.25, -0.2) is 14.5 Å². The van der Waals surface area contributed by atoms with Crippen LogP contribution >= 0.6 is 0 Å². The smallest absolute Gasteiger partial charge is 0.222 e. The summed E-state index contributed by atoms with van der Waals surface area (Å²) in [4.78, 5) is 8.85. The largest absolute Gasteiger partial charge is 0.481 e. The van der Waals surface area contributed by atoms with Crippen LogP contribution in [0.15, 0.2) is 36.7 Å². The van der Waals surface area contributed by atoms with Gasteiger partial charge in [-0.2, -0.15) is 0 Å². The van der Waals surface area contributed by atoms with Gasteiger partial charge in [0.05, 0.1) is 24.6 Å². The molecule has 0 unspecified atom stereocenters. The van der Waals surface area contributed by atoms with Crippen LogP contribution in [0.5, 0.6) is 5.88 Å². The Balaban J connectivity index is 1.63. The first-order valence-electron chi connectivity index (χ1n) is 8.16. The average molecular weight is 324 g/mol. The topological polar surface area (TPSA) is 76.4 Å². The molecule has 0 radical (unpaired) electrons. The van der Waals surface area contributed by atoms with Crippen LogP contribution in [-0.2, 0) is 0 Å². The van der Waals surface area contributed by atoms with Gasteiger partial charge in [-0.3, -0.25) is 0 Å². The third-order valence-electron chi connectivity index (χ3n) is 4.21. The van der Waals surface area contributed by atoms with Gasteiger partial charge >= 0.3 is 0 Å². The first kappa shape index (κ1) is 14.9. The van der Waals surface area contributed by atoms with Crippen molar-refractivity contribution in [2.45, 2.75) is 18.9 Å². The van der Waals surface area contributed by atoms with E-state index in [1.54, 1.807) is 17.8 Å². The summed E-state index contributed by atoms with van der Waals surface area (Å²) in [6.45, 7) is 2.07. The van der Waals surface area contributed by atoms with E-state index in [4.69, 9.17) is 4.74 Å². The molecule has 1 fully saturated rings. The molecule has 3 aromatic rings. The fraction of sp³-hybridized carbons (Fsp3) is 0.353. The summed E-state index contributed by atoms with van der Waals surface area (Å²) in [5, 5.41) is 11.5. The second kappa shape index (κ2) is 6.45. The van der Waals surface area contributed by atoms with Crippen LogP contribution in [0.1, 0.15) is 12.8 Å².